The second-order valence-corrected chi connectivity index (χ2v) is 0. The summed E-state index contributed by atoms with van der Waals surface area (Å²) < 4.78 is 0. The number of hydrogen-bond acceptors (Lipinski definition) is 0. The summed E-state index contributed by atoms with van der Waals surface area (Å²) in [6.07, 6.45) is 0. The van der Waals surface area contributed by atoms with Gasteiger partial charge in [0.15, 0.2) is 0 Å². The fourth-order valence-electron chi connectivity index (χ4n) is 0. The molecular weight excluding hydrogens is 135 g/mol. The van der Waals surface area contributed by atoms with Crippen molar-refractivity contribution in [2.24, 2.45) is 0 Å². The minimum Gasteiger partial charge on any atom is -1.00 e. The summed E-state index contributed by atoms with van der Waals surface area (Å²) in [6.45, 7) is 0. The van der Waals surface area contributed by atoms with Crippen LogP contribution in [-0.4, -0.2) is 60.8 Å². The zero-order chi connectivity index (χ0) is 0. The topological polar surface area (TPSA) is 0 Å². The fraction of sp³-hybridized carbons (Fsp3) is 0. The maximum Gasteiger partial charge on any atom is 2.00 e. The standard InChI is InChI=1S/Ca.2ClH.Mg.4H/h;2*1H;;;;;/q+2;;;+2;4*-1. The van der Waals surface area contributed by atoms with E-state index in [9.17, 15) is 0 Å². The van der Waals surface area contributed by atoms with Gasteiger partial charge < -0.3 is 5.71 Å². The number of halogens is 2. The molecule has 0 bridgehead atoms. The van der Waals surface area contributed by atoms with Gasteiger partial charge in [-0.25, -0.2) is 0 Å². The molecule has 0 aromatic rings. The Hall–Kier alpha value is 2.61. The molecule has 0 saturated heterocycles. The molecule has 0 amide bonds. The first-order valence-electron chi connectivity index (χ1n) is 0. The molecule has 4 heavy (non-hydrogen) atoms. The zero-order valence-electron chi connectivity index (χ0n) is 6.23. The molecule has 0 aliphatic rings. The zero-order valence-corrected chi connectivity index (χ0v) is 7.49. The molecular formula is H6CaCl2Mg. The van der Waals surface area contributed by atoms with Crippen LogP contribution in [0.4, 0.5) is 0 Å². The van der Waals surface area contributed by atoms with Gasteiger partial charge in [-0.15, -0.1) is 24.8 Å². The van der Waals surface area contributed by atoms with E-state index in [1.54, 1.807) is 0 Å². The Balaban J connectivity index is 0. The quantitative estimate of drug-likeness (QED) is 0.432. The van der Waals surface area contributed by atoms with Crippen LogP contribution < -0.4 is 0 Å². The van der Waals surface area contributed by atoms with Gasteiger partial charge in [-0.2, -0.15) is 0 Å². The van der Waals surface area contributed by atoms with Crippen molar-refractivity contribution in [3.05, 3.63) is 0 Å². The Labute approximate surface area is 90.0 Å². The second kappa shape index (κ2) is 17.5. The summed E-state index contributed by atoms with van der Waals surface area (Å²) in [6, 6.07) is 0. The van der Waals surface area contributed by atoms with Crippen LogP contribution in [0.3, 0.4) is 0 Å². The van der Waals surface area contributed by atoms with Crippen LogP contribution in [0, 0.1) is 0 Å². The van der Waals surface area contributed by atoms with Crippen molar-refractivity contribution in [2.45, 2.75) is 0 Å². The number of rotatable bonds is 0. The van der Waals surface area contributed by atoms with Crippen molar-refractivity contribution in [3.8, 4) is 0 Å². The molecule has 0 spiro atoms. The molecule has 4 heteroatoms. The van der Waals surface area contributed by atoms with Gasteiger partial charge in [0.2, 0.25) is 0 Å². The maximum atomic E-state index is 0. The smallest absolute Gasteiger partial charge is 1.00 e. The molecule has 0 nitrogen and oxygen atoms in total. The first kappa shape index (κ1) is 30.6. The van der Waals surface area contributed by atoms with E-state index in [4.69, 9.17) is 0 Å². The van der Waals surface area contributed by atoms with E-state index < -0.39 is 0 Å². The average Bonchev–Trinajstić information content (AvgIpc) is 0. The summed E-state index contributed by atoms with van der Waals surface area (Å²) in [5.41, 5.74) is 0. The SMILES string of the molecule is Cl.Cl.[Ca+2].[H-].[H-].[H-].[H-].[Mg+2]. The Morgan fingerprint density at radius 2 is 1.00 bits per heavy atom. The summed E-state index contributed by atoms with van der Waals surface area (Å²) in [7, 11) is 0. The Kier molecular flexibility index (Phi) is 134. The van der Waals surface area contributed by atoms with Gasteiger partial charge in [-0.1, -0.05) is 0 Å². The van der Waals surface area contributed by atoms with Crippen molar-refractivity contribution in [1.82, 2.24) is 0 Å². The first-order chi connectivity index (χ1) is 0. The van der Waals surface area contributed by atoms with Gasteiger partial charge in [0.05, 0.1) is 0 Å². The molecule has 0 saturated carbocycles. The summed E-state index contributed by atoms with van der Waals surface area (Å²) >= 11 is 0. The van der Waals surface area contributed by atoms with Crippen LogP contribution in [0.2, 0.25) is 0 Å². The molecule has 0 radical (unpaired) electrons. The Morgan fingerprint density at radius 3 is 1.00 bits per heavy atom. The minimum atomic E-state index is 0. The van der Waals surface area contributed by atoms with E-state index in [0.717, 1.165) is 0 Å². The Bertz CT molecular complexity index is 14.0. The normalized spacial score (nSPS) is 0. The van der Waals surface area contributed by atoms with Gasteiger partial charge in [0.25, 0.3) is 0 Å². The molecule has 0 heterocycles. The van der Waals surface area contributed by atoms with Gasteiger partial charge in [0.1, 0.15) is 0 Å². The number of hydrogen-bond donors (Lipinski definition) is 0. The van der Waals surface area contributed by atoms with Crippen molar-refractivity contribution >= 4 is 85.6 Å². The molecule has 0 atom stereocenters. The van der Waals surface area contributed by atoms with E-state index in [0.29, 0.717) is 0 Å². The van der Waals surface area contributed by atoms with Gasteiger partial charge in [0, 0.05) is 0 Å². The molecule has 0 N–H and O–H groups in total. The largest absolute Gasteiger partial charge is 2.00 e. The molecule has 0 rings (SSSR count). The van der Waals surface area contributed by atoms with E-state index in [1.807, 2.05) is 0 Å². The maximum absolute atomic E-state index is 0. The van der Waals surface area contributed by atoms with E-state index in [1.165, 1.54) is 0 Å². The predicted octanol–water partition coefficient (Wildman–Crippen LogP) is 0.532. The molecule has 0 aliphatic heterocycles. The minimum absolute atomic E-state index is 0. The molecule has 24 valence electrons. The van der Waals surface area contributed by atoms with E-state index in [2.05, 4.69) is 0 Å². The molecule has 0 aromatic heterocycles. The van der Waals surface area contributed by atoms with Gasteiger partial charge >= 0.3 is 60.8 Å². The van der Waals surface area contributed by atoms with Crippen molar-refractivity contribution < 1.29 is 5.71 Å². The second-order valence-electron chi connectivity index (χ2n) is 0. The molecule has 0 aromatic carbocycles. The van der Waals surface area contributed by atoms with Crippen LogP contribution in [0.1, 0.15) is 5.71 Å². The van der Waals surface area contributed by atoms with Crippen LogP contribution >= 0.6 is 24.8 Å². The van der Waals surface area contributed by atoms with Crippen LogP contribution in [0.5, 0.6) is 0 Å². The van der Waals surface area contributed by atoms with E-state index in [-0.39, 0.29) is 91.3 Å². The van der Waals surface area contributed by atoms with Crippen LogP contribution in [0.25, 0.3) is 0 Å². The van der Waals surface area contributed by atoms with Crippen molar-refractivity contribution in [3.63, 3.8) is 0 Å². The summed E-state index contributed by atoms with van der Waals surface area (Å²) in [5.74, 6) is 0. The third kappa shape index (κ3) is 8.82. The van der Waals surface area contributed by atoms with Crippen molar-refractivity contribution in [1.29, 1.82) is 0 Å². The molecule has 0 unspecified atom stereocenters. The predicted molar refractivity (Wildman–Crippen MR) is 30.5 cm³/mol. The van der Waals surface area contributed by atoms with Gasteiger partial charge in [-0.3, -0.25) is 0 Å². The average molecular weight is 141 g/mol. The molecule has 0 fully saturated rings. The first-order valence-corrected chi connectivity index (χ1v) is 0. The summed E-state index contributed by atoms with van der Waals surface area (Å²) in [4.78, 5) is 0. The van der Waals surface area contributed by atoms with Crippen LogP contribution in [0.15, 0.2) is 0 Å². The summed E-state index contributed by atoms with van der Waals surface area (Å²) in [5, 5.41) is 0. The van der Waals surface area contributed by atoms with Gasteiger partial charge in [-0.05, 0) is 0 Å². The Morgan fingerprint density at radius 1 is 1.00 bits per heavy atom. The fourth-order valence-corrected chi connectivity index (χ4v) is 0. The molecule has 0 aliphatic carbocycles. The third-order valence-corrected chi connectivity index (χ3v) is 0. The van der Waals surface area contributed by atoms with E-state index >= 15 is 0 Å². The van der Waals surface area contributed by atoms with Crippen molar-refractivity contribution in [2.75, 3.05) is 0 Å². The van der Waals surface area contributed by atoms with Crippen LogP contribution in [-0.2, 0) is 0 Å². The third-order valence-electron chi connectivity index (χ3n) is 0. The monoisotopic (exact) mass is 140 g/mol.